The van der Waals surface area contributed by atoms with E-state index in [-0.39, 0.29) is 22.8 Å². The molecule has 3 aromatic rings. The first kappa shape index (κ1) is 23.2. The molecule has 1 N–H and O–H groups in total. The van der Waals surface area contributed by atoms with Gasteiger partial charge in [0.05, 0.1) is 10.9 Å². The third-order valence-corrected chi connectivity index (χ3v) is 8.44. The normalized spacial score (nSPS) is 17.3. The summed E-state index contributed by atoms with van der Waals surface area (Å²) in [5.74, 6) is -0.244. The summed E-state index contributed by atoms with van der Waals surface area (Å²) in [5, 5.41) is 2.50. The van der Waals surface area contributed by atoms with Gasteiger partial charge in [0.1, 0.15) is 5.82 Å². The summed E-state index contributed by atoms with van der Waals surface area (Å²) in [4.78, 5) is 5.86. The van der Waals surface area contributed by atoms with Gasteiger partial charge >= 0.3 is 0 Å². The molecule has 9 heteroatoms. The van der Waals surface area contributed by atoms with Crippen molar-refractivity contribution < 1.29 is 12.8 Å². The SMILES string of the molecule is CC(NS(=O)(=O)c1ccc(Cl)cc1)C(c1cccs1)N1CCN(c2ccc(F)cc2)CC1. The Balaban J connectivity index is 1.49. The van der Waals surface area contributed by atoms with Crippen LogP contribution in [0, 0.1) is 5.82 Å². The van der Waals surface area contributed by atoms with E-state index in [1.165, 1.54) is 24.3 Å². The fourth-order valence-corrected chi connectivity index (χ4v) is 6.44. The van der Waals surface area contributed by atoms with E-state index >= 15 is 0 Å². The summed E-state index contributed by atoms with van der Waals surface area (Å²) in [7, 11) is -3.69. The molecule has 2 aromatic carbocycles. The van der Waals surface area contributed by atoms with Gasteiger partial charge in [-0.2, -0.15) is 0 Å². The lowest BCUT2D eigenvalue weighted by Gasteiger charge is -2.42. The Morgan fingerprint density at radius 1 is 1.00 bits per heavy atom. The lowest BCUT2D eigenvalue weighted by molar-refractivity contribution is 0.164. The second kappa shape index (κ2) is 9.89. The minimum absolute atomic E-state index is 0.0903. The molecule has 0 radical (unpaired) electrons. The van der Waals surface area contributed by atoms with Crippen molar-refractivity contribution in [2.75, 3.05) is 31.1 Å². The molecule has 2 heterocycles. The van der Waals surface area contributed by atoms with Crippen LogP contribution >= 0.6 is 22.9 Å². The smallest absolute Gasteiger partial charge is 0.240 e. The molecule has 170 valence electrons. The van der Waals surface area contributed by atoms with Gasteiger partial charge in [0.25, 0.3) is 0 Å². The van der Waals surface area contributed by atoms with E-state index in [0.29, 0.717) is 5.02 Å². The van der Waals surface area contributed by atoms with E-state index in [2.05, 4.69) is 20.6 Å². The molecule has 2 atom stereocenters. The Kier molecular flexibility index (Phi) is 7.17. The second-order valence-corrected chi connectivity index (χ2v) is 11.0. The Hall–Kier alpha value is -1.97. The van der Waals surface area contributed by atoms with Crippen LogP contribution in [0.4, 0.5) is 10.1 Å². The van der Waals surface area contributed by atoms with Crippen LogP contribution in [0.1, 0.15) is 17.8 Å². The lowest BCUT2D eigenvalue weighted by atomic mass is 10.1. The molecule has 0 aliphatic carbocycles. The predicted molar refractivity (Wildman–Crippen MR) is 128 cm³/mol. The Labute approximate surface area is 197 Å². The second-order valence-electron chi connectivity index (χ2n) is 7.82. The van der Waals surface area contributed by atoms with Crippen LogP contribution in [0.2, 0.25) is 5.02 Å². The van der Waals surface area contributed by atoms with Crippen molar-refractivity contribution in [3.8, 4) is 0 Å². The number of halogens is 2. The zero-order chi connectivity index (χ0) is 22.7. The van der Waals surface area contributed by atoms with Crippen LogP contribution in [-0.4, -0.2) is 45.5 Å². The van der Waals surface area contributed by atoms with Crippen molar-refractivity contribution >= 4 is 38.6 Å². The number of rotatable bonds is 7. The molecule has 1 aliphatic rings. The third kappa shape index (κ3) is 5.32. The summed E-state index contributed by atoms with van der Waals surface area (Å²) < 4.78 is 42.1. The van der Waals surface area contributed by atoms with Gasteiger partial charge in [-0.15, -0.1) is 11.3 Å². The molecule has 2 unspecified atom stereocenters. The molecule has 0 bridgehead atoms. The fraction of sp³-hybridized carbons (Fsp3) is 0.304. The quantitative estimate of drug-likeness (QED) is 0.515. The van der Waals surface area contributed by atoms with Crippen LogP contribution in [0.5, 0.6) is 0 Å². The van der Waals surface area contributed by atoms with Gasteiger partial charge in [0.2, 0.25) is 10.0 Å². The highest BCUT2D eigenvalue weighted by Crippen LogP contribution is 2.31. The van der Waals surface area contributed by atoms with Crippen LogP contribution in [0.15, 0.2) is 70.9 Å². The molecule has 4 rings (SSSR count). The molecule has 0 spiro atoms. The van der Waals surface area contributed by atoms with Crippen LogP contribution in [0.3, 0.4) is 0 Å². The first-order chi connectivity index (χ1) is 15.3. The molecule has 1 saturated heterocycles. The molecule has 0 saturated carbocycles. The Bertz CT molecular complexity index is 1120. The van der Waals surface area contributed by atoms with Crippen molar-refractivity contribution in [3.05, 3.63) is 81.8 Å². The maximum absolute atomic E-state index is 13.3. The molecule has 1 aromatic heterocycles. The van der Waals surface area contributed by atoms with Crippen LogP contribution in [0.25, 0.3) is 0 Å². The summed E-state index contributed by atoms with van der Waals surface area (Å²) in [6, 6.07) is 16.3. The van der Waals surface area contributed by atoms with Gasteiger partial charge in [0.15, 0.2) is 0 Å². The van der Waals surface area contributed by atoms with Gasteiger partial charge < -0.3 is 4.90 Å². The van der Waals surface area contributed by atoms with Crippen molar-refractivity contribution in [2.45, 2.75) is 23.9 Å². The van der Waals surface area contributed by atoms with Crippen LogP contribution < -0.4 is 9.62 Å². The van der Waals surface area contributed by atoms with Gasteiger partial charge in [-0.1, -0.05) is 17.7 Å². The first-order valence-electron chi connectivity index (χ1n) is 10.4. The number of thiophene rings is 1. The van der Waals surface area contributed by atoms with E-state index in [1.54, 1.807) is 35.6 Å². The fourth-order valence-electron chi connectivity index (χ4n) is 4.10. The predicted octanol–water partition coefficient (Wildman–Crippen LogP) is 4.77. The van der Waals surface area contributed by atoms with E-state index in [1.807, 2.05) is 18.4 Å². The maximum atomic E-state index is 13.3. The minimum atomic E-state index is -3.69. The van der Waals surface area contributed by atoms with E-state index in [0.717, 1.165) is 36.7 Å². The zero-order valence-electron chi connectivity index (χ0n) is 17.6. The topological polar surface area (TPSA) is 52.7 Å². The summed E-state index contributed by atoms with van der Waals surface area (Å²) in [6.45, 7) is 5.01. The first-order valence-corrected chi connectivity index (χ1v) is 13.1. The molecule has 1 fully saturated rings. The standard InChI is InChI=1S/C23H25ClFN3O2S2/c1-17(26-32(29,30)21-10-4-18(24)5-11-21)23(22-3-2-16-31-22)28-14-12-27(13-15-28)20-8-6-19(25)7-9-20/h2-11,16-17,23,26H,12-15H2,1H3. The highest BCUT2D eigenvalue weighted by atomic mass is 35.5. The number of hydrogen-bond acceptors (Lipinski definition) is 5. The number of nitrogens with zero attached hydrogens (tertiary/aromatic N) is 2. The van der Waals surface area contributed by atoms with E-state index in [9.17, 15) is 12.8 Å². The number of sulfonamides is 1. The monoisotopic (exact) mass is 493 g/mol. The van der Waals surface area contributed by atoms with E-state index in [4.69, 9.17) is 11.6 Å². The van der Waals surface area contributed by atoms with Gasteiger partial charge in [0, 0.05) is 47.8 Å². The molecule has 1 aliphatic heterocycles. The molecular weight excluding hydrogens is 469 g/mol. The van der Waals surface area contributed by atoms with Crippen LogP contribution in [-0.2, 0) is 10.0 Å². The maximum Gasteiger partial charge on any atom is 0.240 e. The van der Waals surface area contributed by atoms with Crippen molar-refractivity contribution in [1.29, 1.82) is 0 Å². The third-order valence-electron chi connectivity index (χ3n) is 5.67. The summed E-state index contributed by atoms with van der Waals surface area (Å²) >= 11 is 7.53. The van der Waals surface area contributed by atoms with Crippen molar-refractivity contribution in [3.63, 3.8) is 0 Å². The van der Waals surface area contributed by atoms with Gasteiger partial charge in [-0.05, 0) is 66.9 Å². The van der Waals surface area contributed by atoms with E-state index < -0.39 is 10.0 Å². The van der Waals surface area contributed by atoms with Crippen molar-refractivity contribution in [2.24, 2.45) is 0 Å². The molecule has 0 amide bonds. The number of benzene rings is 2. The summed E-state index contributed by atoms with van der Waals surface area (Å²) in [6.07, 6.45) is 0. The largest absolute Gasteiger partial charge is 0.369 e. The van der Waals surface area contributed by atoms with Gasteiger partial charge in [-0.3, -0.25) is 4.90 Å². The Morgan fingerprint density at radius 2 is 1.66 bits per heavy atom. The van der Waals surface area contributed by atoms with Gasteiger partial charge in [-0.25, -0.2) is 17.5 Å². The highest BCUT2D eigenvalue weighted by Gasteiger charge is 2.32. The lowest BCUT2D eigenvalue weighted by Crippen LogP contribution is -2.52. The van der Waals surface area contributed by atoms with Crippen molar-refractivity contribution in [1.82, 2.24) is 9.62 Å². The average Bonchev–Trinajstić information content (AvgIpc) is 3.29. The molecular formula is C23H25ClFN3O2S2. The summed E-state index contributed by atoms with van der Waals surface area (Å²) in [5.41, 5.74) is 0.996. The number of hydrogen-bond donors (Lipinski definition) is 1. The Morgan fingerprint density at radius 3 is 2.25 bits per heavy atom. The number of piperazine rings is 1. The molecule has 5 nitrogen and oxygen atoms in total. The number of anilines is 1. The number of nitrogens with one attached hydrogen (secondary N) is 1. The zero-order valence-corrected chi connectivity index (χ0v) is 20.0. The minimum Gasteiger partial charge on any atom is -0.369 e. The molecule has 32 heavy (non-hydrogen) atoms. The highest BCUT2D eigenvalue weighted by molar-refractivity contribution is 7.89. The average molecular weight is 494 g/mol.